The quantitative estimate of drug-likeness (QED) is 0.579. The van der Waals surface area contributed by atoms with Gasteiger partial charge in [0, 0.05) is 11.1 Å². The van der Waals surface area contributed by atoms with E-state index in [2.05, 4.69) is 10.5 Å². The van der Waals surface area contributed by atoms with Gasteiger partial charge in [0.1, 0.15) is 17.2 Å². The standard InChI is InChI=1S/C20H24N2O4/c1-5-25-17-11-12-19(26-6-2)18(13-17)14(3)21-22-20(23)15-7-9-16(24-4)10-8-15/h7-13H,5-6H2,1-4H3,(H,22,23)/b21-14-. The number of carbonyl (C=O) groups excluding carboxylic acids is 1. The summed E-state index contributed by atoms with van der Waals surface area (Å²) in [6, 6.07) is 12.4. The minimum Gasteiger partial charge on any atom is -0.497 e. The average molecular weight is 356 g/mol. The van der Waals surface area contributed by atoms with Crippen molar-refractivity contribution in [1.82, 2.24) is 5.43 Å². The minimum atomic E-state index is -0.300. The number of carbonyl (C=O) groups is 1. The highest BCUT2D eigenvalue weighted by Crippen LogP contribution is 2.25. The molecule has 0 saturated heterocycles. The summed E-state index contributed by atoms with van der Waals surface area (Å²) in [6.07, 6.45) is 0. The van der Waals surface area contributed by atoms with Crippen molar-refractivity contribution in [1.29, 1.82) is 0 Å². The fourth-order valence-electron chi connectivity index (χ4n) is 2.33. The summed E-state index contributed by atoms with van der Waals surface area (Å²) < 4.78 is 16.3. The molecule has 0 aromatic heterocycles. The van der Waals surface area contributed by atoms with Gasteiger partial charge in [0.25, 0.3) is 5.91 Å². The number of ether oxygens (including phenoxy) is 3. The molecule has 0 fully saturated rings. The van der Waals surface area contributed by atoms with Gasteiger partial charge in [-0.3, -0.25) is 4.79 Å². The van der Waals surface area contributed by atoms with Crippen LogP contribution in [0.2, 0.25) is 0 Å². The average Bonchev–Trinajstić information content (AvgIpc) is 2.67. The largest absolute Gasteiger partial charge is 0.497 e. The van der Waals surface area contributed by atoms with Crippen molar-refractivity contribution in [2.75, 3.05) is 20.3 Å². The van der Waals surface area contributed by atoms with Crippen molar-refractivity contribution in [2.45, 2.75) is 20.8 Å². The monoisotopic (exact) mass is 356 g/mol. The molecule has 0 unspecified atom stereocenters. The summed E-state index contributed by atoms with van der Waals surface area (Å²) >= 11 is 0. The molecular weight excluding hydrogens is 332 g/mol. The lowest BCUT2D eigenvalue weighted by Gasteiger charge is -2.12. The third-order valence-electron chi connectivity index (χ3n) is 3.63. The summed E-state index contributed by atoms with van der Waals surface area (Å²) in [4.78, 5) is 12.2. The lowest BCUT2D eigenvalue weighted by Crippen LogP contribution is -2.19. The molecule has 2 aromatic carbocycles. The highest BCUT2D eigenvalue weighted by molar-refractivity contribution is 6.03. The van der Waals surface area contributed by atoms with E-state index in [-0.39, 0.29) is 5.91 Å². The maximum absolute atomic E-state index is 12.2. The fourth-order valence-corrected chi connectivity index (χ4v) is 2.33. The first kappa shape index (κ1) is 19.3. The van der Waals surface area contributed by atoms with Crippen LogP contribution in [0.3, 0.4) is 0 Å². The topological polar surface area (TPSA) is 69.2 Å². The molecule has 2 rings (SSSR count). The Labute approximate surface area is 153 Å². The van der Waals surface area contributed by atoms with Gasteiger partial charge in [-0.15, -0.1) is 0 Å². The second kappa shape index (κ2) is 9.46. The Hall–Kier alpha value is -3.02. The third kappa shape index (κ3) is 4.99. The van der Waals surface area contributed by atoms with Crippen molar-refractivity contribution in [2.24, 2.45) is 5.10 Å². The van der Waals surface area contributed by atoms with Crippen molar-refractivity contribution in [3.63, 3.8) is 0 Å². The molecule has 6 nitrogen and oxygen atoms in total. The zero-order valence-electron chi connectivity index (χ0n) is 15.5. The smallest absolute Gasteiger partial charge is 0.271 e. The van der Waals surface area contributed by atoms with Gasteiger partial charge in [0.15, 0.2) is 0 Å². The molecule has 1 amide bonds. The number of hydrogen-bond donors (Lipinski definition) is 1. The zero-order chi connectivity index (χ0) is 18.9. The van der Waals surface area contributed by atoms with E-state index in [1.807, 2.05) is 39.0 Å². The van der Waals surface area contributed by atoms with E-state index in [4.69, 9.17) is 14.2 Å². The van der Waals surface area contributed by atoms with Crippen LogP contribution in [0.25, 0.3) is 0 Å². The zero-order valence-corrected chi connectivity index (χ0v) is 15.5. The molecule has 0 aliphatic heterocycles. The second-order valence-corrected chi connectivity index (χ2v) is 5.39. The highest BCUT2D eigenvalue weighted by atomic mass is 16.5. The number of nitrogens with zero attached hydrogens (tertiary/aromatic N) is 1. The normalized spacial score (nSPS) is 11.0. The van der Waals surface area contributed by atoms with E-state index in [9.17, 15) is 4.79 Å². The SMILES string of the molecule is CCOc1ccc(OCC)c(/C(C)=N\NC(=O)c2ccc(OC)cc2)c1. The number of amides is 1. The van der Waals surface area contributed by atoms with Crippen LogP contribution in [0.15, 0.2) is 47.6 Å². The van der Waals surface area contributed by atoms with Crippen molar-refractivity contribution >= 4 is 11.6 Å². The van der Waals surface area contributed by atoms with Crippen LogP contribution in [0, 0.1) is 0 Å². The summed E-state index contributed by atoms with van der Waals surface area (Å²) in [7, 11) is 1.58. The first-order valence-corrected chi connectivity index (χ1v) is 8.47. The maximum atomic E-state index is 12.2. The van der Waals surface area contributed by atoms with Crippen molar-refractivity contribution in [3.8, 4) is 17.2 Å². The van der Waals surface area contributed by atoms with Crippen LogP contribution in [0.1, 0.15) is 36.7 Å². The van der Waals surface area contributed by atoms with Gasteiger partial charge >= 0.3 is 0 Å². The van der Waals surface area contributed by atoms with Gasteiger partial charge < -0.3 is 14.2 Å². The highest BCUT2D eigenvalue weighted by Gasteiger charge is 2.10. The molecule has 0 bridgehead atoms. The lowest BCUT2D eigenvalue weighted by molar-refractivity contribution is 0.0955. The lowest BCUT2D eigenvalue weighted by atomic mass is 10.1. The number of hydrogen-bond acceptors (Lipinski definition) is 5. The molecule has 0 saturated carbocycles. The van der Waals surface area contributed by atoms with Crippen LogP contribution in [0.4, 0.5) is 0 Å². The molecule has 0 aliphatic carbocycles. The maximum Gasteiger partial charge on any atom is 0.271 e. The predicted molar refractivity (Wildman–Crippen MR) is 101 cm³/mol. The Bertz CT molecular complexity index is 770. The van der Waals surface area contributed by atoms with Gasteiger partial charge in [-0.1, -0.05) is 0 Å². The van der Waals surface area contributed by atoms with Gasteiger partial charge in [0.2, 0.25) is 0 Å². The van der Waals surface area contributed by atoms with E-state index in [0.717, 1.165) is 11.3 Å². The van der Waals surface area contributed by atoms with Crippen LogP contribution >= 0.6 is 0 Å². The molecule has 0 heterocycles. The van der Waals surface area contributed by atoms with Gasteiger partial charge in [-0.2, -0.15) is 5.10 Å². The van der Waals surface area contributed by atoms with E-state index in [0.29, 0.717) is 36.0 Å². The van der Waals surface area contributed by atoms with Crippen LogP contribution in [0.5, 0.6) is 17.2 Å². The Morgan fingerprint density at radius 3 is 2.27 bits per heavy atom. The number of methoxy groups -OCH3 is 1. The molecule has 138 valence electrons. The molecule has 0 aliphatic rings. The number of benzene rings is 2. The summed E-state index contributed by atoms with van der Waals surface area (Å²) in [5.74, 6) is 1.80. The molecule has 0 spiro atoms. The van der Waals surface area contributed by atoms with Gasteiger partial charge in [-0.05, 0) is 63.2 Å². The molecule has 1 N–H and O–H groups in total. The number of hydrazone groups is 1. The molecular formula is C20H24N2O4. The van der Waals surface area contributed by atoms with E-state index < -0.39 is 0 Å². The summed E-state index contributed by atoms with van der Waals surface area (Å²) in [6.45, 7) is 6.75. The third-order valence-corrected chi connectivity index (χ3v) is 3.63. The molecule has 0 atom stereocenters. The molecule has 0 radical (unpaired) electrons. The first-order chi connectivity index (χ1) is 12.6. The Balaban J connectivity index is 2.18. The molecule has 26 heavy (non-hydrogen) atoms. The Kier molecular flexibility index (Phi) is 7.02. The summed E-state index contributed by atoms with van der Waals surface area (Å²) in [5, 5.41) is 4.21. The van der Waals surface area contributed by atoms with Gasteiger partial charge in [0.05, 0.1) is 26.0 Å². The Morgan fingerprint density at radius 2 is 1.65 bits per heavy atom. The van der Waals surface area contributed by atoms with Crippen LogP contribution < -0.4 is 19.6 Å². The van der Waals surface area contributed by atoms with Gasteiger partial charge in [-0.25, -0.2) is 5.43 Å². The second-order valence-electron chi connectivity index (χ2n) is 5.39. The van der Waals surface area contributed by atoms with E-state index >= 15 is 0 Å². The number of rotatable bonds is 8. The van der Waals surface area contributed by atoms with Crippen molar-refractivity contribution in [3.05, 3.63) is 53.6 Å². The predicted octanol–water partition coefficient (Wildman–Crippen LogP) is 3.65. The van der Waals surface area contributed by atoms with E-state index in [1.54, 1.807) is 31.4 Å². The number of nitrogens with one attached hydrogen (secondary N) is 1. The summed E-state index contributed by atoms with van der Waals surface area (Å²) in [5.41, 5.74) is 4.46. The first-order valence-electron chi connectivity index (χ1n) is 8.47. The fraction of sp³-hybridized carbons (Fsp3) is 0.300. The molecule has 6 heteroatoms. The van der Waals surface area contributed by atoms with Crippen LogP contribution in [-0.4, -0.2) is 31.9 Å². The Morgan fingerprint density at radius 1 is 1.00 bits per heavy atom. The minimum absolute atomic E-state index is 0.300. The van der Waals surface area contributed by atoms with Crippen molar-refractivity contribution < 1.29 is 19.0 Å². The van der Waals surface area contributed by atoms with E-state index in [1.165, 1.54) is 0 Å². The molecule has 2 aromatic rings. The van der Waals surface area contributed by atoms with Crippen LogP contribution in [-0.2, 0) is 0 Å².